The molecule has 0 saturated heterocycles. The van der Waals surface area contributed by atoms with E-state index in [0.717, 1.165) is 21.3 Å². The number of anilines is 1. The summed E-state index contributed by atoms with van der Waals surface area (Å²) in [6, 6.07) is 14.4. The quantitative estimate of drug-likeness (QED) is 0.514. The largest absolute Gasteiger partial charge is 0.452 e. The van der Waals surface area contributed by atoms with Crippen LogP contribution in [0.2, 0.25) is 0 Å². The highest BCUT2D eigenvalue weighted by molar-refractivity contribution is 7.16. The molecular weight excluding hydrogens is 378 g/mol. The summed E-state index contributed by atoms with van der Waals surface area (Å²) in [7, 11) is 0. The van der Waals surface area contributed by atoms with Crippen molar-refractivity contribution in [2.24, 2.45) is 0 Å². The van der Waals surface area contributed by atoms with Crippen molar-refractivity contribution in [3.63, 3.8) is 0 Å². The van der Waals surface area contributed by atoms with E-state index in [9.17, 15) is 9.59 Å². The lowest BCUT2D eigenvalue weighted by molar-refractivity contribution is -0.119. The number of rotatable bonds is 5. The maximum Gasteiger partial charge on any atom is 0.338 e. The van der Waals surface area contributed by atoms with Crippen molar-refractivity contribution in [3.8, 4) is 11.3 Å². The van der Waals surface area contributed by atoms with Crippen molar-refractivity contribution in [1.82, 2.24) is 10.1 Å². The van der Waals surface area contributed by atoms with Gasteiger partial charge in [-0.3, -0.25) is 10.1 Å². The van der Waals surface area contributed by atoms with Crippen LogP contribution >= 0.6 is 11.3 Å². The maximum atomic E-state index is 12.1. The Hall–Kier alpha value is -3.52. The number of hydrogen-bond donors (Lipinski definition) is 1. The third-order valence-electron chi connectivity index (χ3n) is 4.02. The first-order valence-corrected chi connectivity index (χ1v) is 9.30. The molecule has 0 fully saturated rings. The van der Waals surface area contributed by atoms with Crippen LogP contribution in [-0.4, -0.2) is 28.6 Å². The molecule has 0 unspecified atom stereocenters. The number of carbonyl (C=O) groups excluding carboxylic acids is 2. The van der Waals surface area contributed by atoms with Crippen LogP contribution in [-0.2, 0) is 9.53 Å². The minimum absolute atomic E-state index is 0.183. The standard InChI is InChI=1S/C20H15N3O4S/c1-12-2-4-13(5-3-12)16-9-19(27-23-16)22-18(24)10-26-20(25)14-6-7-15-17(8-14)28-11-21-15/h2-9,11H,10H2,1H3,(H,22,24). The van der Waals surface area contributed by atoms with Gasteiger partial charge in [-0.05, 0) is 25.1 Å². The molecule has 0 bridgehead atoms. The minimum atomic E-state index is -0.580. The number of aryl methyl sites for hydroxylation is 1. The Morgan fingerprint density at radius 3 is 2.79 bits per heavy atom. The first-order chi connectivity index (χ1) is 13.6. The van der Waals surface area contributed by atoms with E-state index in [4.69, 9.17) is 9.26 Å². The van der Waals surface area contributed by atoms with Gasteiger partial charge in [0, 0.05) is 11.6 Å². The number of thiazole rings is 1. The molecule has 28 heavy (non-hydrogen) atoms. The first kappa shape index (κ1) is 17.9. The van der Waals surface area contributed by atoms with E-state index in [2.05, 4.69) is 15.5 Å². The van der Waals surface area contributed by atoms with Gasteiger partial charge in [-0.15, -0.1) is 11.3 Å². The second kappa shape index (κ2) is 7.61. The van der Waals surface area contributed by atoms with Gasteiger partial charge in [-0.25, -0.2) is 9.78 Å². The molecule has 0 saturated carbocycles. The highest BCUT2D eigenvalue weighted by Crippen LogP contribution is 2.22. The first-order valence-electron chi connectivity index (χ1n) is 8.42. The molecule has 0 atom stereocenters. The molecule has 4 aromatic rings. The zero-order valence-corrected chi connectivity index (χ0v) is 15.7. The van der Waals surface area contributed by atoms with Gasteiger partial charge in [-0.2, -0.15) is 0 Å². The van der Waals surface area contributed by atoms with Crippen molar-refractivity contribution in [2.75, 3.05) is 11.9 Å². The molecule has 0 spiro atoms. The predicted molar refractivity (Wildman–Crippen MR) is 105 cm³/mol. The molecular formula is C20H15N3O4S. The lowest BCUT2D eigenvalue weighted by atomic mass is 10.1. The summed E-state index contributed by atoms with van der Waals surface area (Å²) in [5.41, 5.74) is 5.50. The molecule has 2 aromatic heterocycles. The smallest absolute Gasteiger partial charge is 0.338 e. The molecule has 0 aliphatic heterocycles. The average Bonchev–Trinajstić information content (AvgIpc) is 3.35. The number of esters is 1. The predicted octanol–water partition coefficient (Wildman–Crippen LogP) is 4.06. The lowest BCUT2D eigenvalue weighted by Gasteiger charge is -2.04. The van der Waals surface area contributed by atoms with E-state index in [1.807, 2.05) is 31.2 Å². The minimum Gasteiger partial charge on any atom is -0.452 e. The Bertz CT molecular complexity index is 1150. The average molecular weight is 393 g/mol. The van der Waals surface area contributed by atoms with Crippen LogP contribution in [0.3, 0.4) is 0 Å². The number of nitrogens with one attached hydrogen (secondary N) is 1. The van der Waals surface area contributed by atoms with Gasteiger partial charge in [0.15, 0.2) is 6.61 Å². The molecule has 0 aliphatic carbocycles. The molecule has 1 N–H and O–H groups in total. The van der Waals surface area contributed by atoms with Crippen LogP contribution in [0.4, 0.5) is 5.88 Å². The molecule has 4 rings (SSSR count). The van der Waals surface area contributed by atoms with Gasteiger partial charge in [0.2, 0.25) is 5.88 Å². The number of carbonyl (C=O) groups is 2. The Labute approximate surface area is 163 Å². The third-order valence-corrected chi connectivity index (χ3v) is 4.81. The van der Waals surface area contributed by atoms with Crippen molar-refractivity contribution in [1.29, 1.82) is 0 Å². The van der Waals surface area contributed by atoms with E-state index in [-0.39, 0.29) is 5.88 Å². The second-order valence-electron chi connectivity index (χ2n) is 6.10. The van der Waals surface area contributed by atoms with E-state index in [0.29, 0.717) is 11.3 Å². The zero-order chi connectivity index (χ0) is 19.5. The number of amides is 1. The highest BCUT2D eigenvalue weighted by Gasteiger charge is 2.14. The van der Waals surface area contributed by atoms with Gasteiger partial charge in [0.25, 0.3) is 5.91 Å². The van der Waals surface area contributed by atoms with Crippen LogP contribution in [0.15, 0.2) is 58.6 Å². The topological polar surface area (TPSA) is 94.3 Å². The van der Waals surface area contributed by atoms with Crippen molar-refractivity contribution < 1.29 is 18.8 Å². The van der Waals surface area contributed by atoms with Crippen molar-refractivity contribution >= 4 is 39.3 Å². The van der Waals surface area contributed by atoms with Gasteiger partial charge >= 0.3 is 5.97 Å². The Kier molecular flexibility index (Phi) is 4.86. The molecule has 7 nitrogen and oxygen atoms in total. The summed E-state index contributed by atoms with van der Waals surface area (Å²) < 4.78 is 11.1. The summed E-state index contributed by atoms with van der Waals surface area (Å²) in [5, 5.41) is 6.46. The summed E-state index contributed by atoms with van der Waals surface area (Å²) in [6.45, 7) is 1.56. The summed E-state index contributed by atoms with van der Waals surface area (Å²) in [5.74, 6) is -0.912. The fraction of sp³-hybridized carbons (Fsp3) is 0.100. The fourth-order valence-corrected chi connectivity index (χ4v) is 3.28. The number of fused-ring (bicyclic) bond motifs is 1. The number of aromatic nitrogens is 2. The van der Waals surface area contributed by atoms with Crippen LogP contribution < -0.4 is 5.32 Å². The van der Waals surface area contributed by atoms with Crippen LogP contribution in [0.5, 0.6) is 0 Å². The Morgan fingerprint density at radius 2 is 1.96 bits per heavy atom. The van der Waals surface area contributed by atoms with Crippen LogP contribution in [0, 0.1) is 6.92 Å². The fourth-order valence-electron chi connectivity index (χ4n) is 2.56. The summed E-state index contributed by atoms with van der Waals surface area (Å²) >= 11 is 1.43. The highest BCUT2D eigenvalue weighted by atomic mass is 32.1. The molecule has 1 amide bonds. The molecule has 8 heteroatoms. The van der Waals surface area contributed by atoms with Gasteiger partial charge in [-0.1, -0.05) is 35.0 Å². The molecule has 0 radical (unpaired) electrons. The number of benzene rings is 2. The van der Waals surface area contributed by atoms with Gasteiger partial charge in [0.1, 0.15) is 5.69 Å². The second-order valence-corrected chi connectivity index (χ2v) is 6.99. The third kappa shape index (κ3) is 3.91. The van der Waals surface area contributed by atoms with Gasteiger partial charge in [0.05, 0.1) is 21.3 Å². The molecule has 2 aromatic carbocycles. The number of ether oxygens (including phenoxy) is 1. The number of nitrogens with zero attached hydrogens (tertiary/aromatic N) is 2. The van der Waals surface area contributed by atoms with Crippen molar-refractivity contribution in [3.05, 3.63) is 65.2 Å². The molecule has 140 valence electrons. The number of hydrogen-bond acceptors (Lipinski definition) is 7. The zero-order valence-electron chi connectivity index (χ0n) is 14.8. The summed E-state index contributed by atoms with van der Waals surface area (Å²) in [4.78, 5) is 28.3. The lowest BCUT2D eigenvalue weighted by Crippen LogP contribution is -2.20. The Balaban J connectivity index is 1.34. The normalized spacial score (nSPS) is 10.8. The van der Waals surface area contributed by atoms with E-state index < -0.39 is 18.5 Å². The van der Waals surface area contributed by atoms with Crippen molar-refractivity contribution in [2.45, 2.75) is 6.92 Å². The van der Waals surface area contributed by atoms with E-state index in [1.54, 1.807) is 29.8 Å². The van der Waals surface area contributed by atoms with E-state index >= 15 is 0 Å². The van der Waals surface area contributed by atoms with Crippen LogP contribution in [0.25, 0.3) is 21.5 Å². The maximum absolute atomic E-state index is 12.1. The Morgan fingerprint density at radius 1 is 1.14 bits per heavy atom. The van der Waals surface area contributed by atoms with Crippen LogP contribution in [0.1, 0.15) is 15.9 Å². The SMILES string of the molecule is Cc1ccc(-c2cc(NC(=O)COC(=O)c3ccc4ncsc4c3)on2)cc1. The van der Waals surface area contributed by atoms with E-state index in [1.165, 1.54) is 11.3 Å². The summed E-state index contributed by atoms with van der Waals surface area (Å²) in [6.07, 6.45) is 0. The monoisotopic (exact) mass is 393 g/mol. The van der Waals surface area contributed by atoms with Gasteiger partial charge < -0.3 is 9.26 Å². The molecule has 0 aliphatic rings. The molecule has 2 heterocycles.